The number of alkyl halides is 3. The summed E-state index contributed by atoms with van der Waals surface area (Å²) in [6.07, 6.45) is -3.50. The Hall–Kier alpha value is -4.24. The molecule has 0 unspecified atom stereocenters. The Labute approximate surface area is 173 Å². The van der Waals surface area contributed by atoms with Crippen molar-refractivity contribution >= 4 is 17.3 Å². The monoisotopic (exact) mass is 429 g/mol. The molecule has 158 valence electrons. The molecule has 1 aliphatic rings. The van der Waals surface area contributed by atoms with Crippen LogP contribution in [0.4, 0.5) is 30.5 Å². The van der Waals surface area contributed by atoms with Gasteiger partial charge in [-0.3, -0.25) is 10.9 Å². The predicted octanol–water partition coefficient (Wildman–Crippen LogP) is 3.33. The Balaban J connectivity index is 1.63. The van der Waals surface area contributed by atoms with Gasteiger partial charge < -0.3 is 15.2 Å². The Morgan fingerprint density at radius 1 is 1.06 bits per heavy atom. The number of anilines is 3. The topological polar surface area (TPSA) is 130 Å². The normalized spacial score (nSPS) is 12.3. The molecule has 12 heteroatoms. The Bertz CT molecular complexity index is 1160. The average Bonchev–Trinajstić information content (AvgIpc) is 3.20. The van der Waals surface area contributed by atoms with E-state index in [0.717, 1.165) is 0 Å². The minimum absolute atomic E-state index is 0.158. The molecule has 0 saturated carbocycles. The van der Waals surface area contributed by atoms with Gasteiger partial charge in [0.25, 0.3) is 0 Å². The summed E-state index contributed by atoms with van der Waals surface area (Å²) in [6, 6.07) is 10.7. The minimum atomic E-state index is -4.89. The maximum atomic E-state index is 13.0. The largest absolute Gasteiger partial charge is 0.573 e. The maximum absolute atomic E-state index is 13.0. The summed E-state index contributed by atoms with van der Waals surface area (Å²) in [6.45, 7) is -0.227. The fourth-order valence-electron chi connectivity index (χ4n) is 2.88. The lowest BCUT2D eigenvalue weighted by Crippen LogP contribution is -2.19. The highest BCUT2D eigenvalue weighted by atomic mass is 19.4. The van der Waals surface area contributed by atoms with Gasteiger partial charge in [-0.2, -0.15) is 5.26 Å². The minimum Gasteiger partial charge on any atom is -0.486 e. The van der Waals surface area contributed by atoms with Crippen LogP contribution in [0, 0.1) is 11.3 Å². The lowest BCUT2D eigenvalue weighted by Gasteiger charge is -2.16. The molecular formula is C19H14F3N7O2. The van der Waals surface area contributed by atoms with Crippen molar-refractivity contribution < 1.29 is 22.6 Å². The number of nitrogens with zero attached hydrogens (tertiary/aromatic N) is 3. The van der Waals surface area contributed by atoms with Crippen molar-refractivity contribution in [3.05, 3.63) is 53.9 Å². The number of hydrogen-bond donors (Lipinski definition) is 4. The molecule has 9 nitrogen and oxygen atoms in total. The van der Waals surface area contributed by atoms with Crippen molar-refractivity contribution in [2.75, 3.05) is 16.6 Å². The summed E-state index contributed by atoms with van der Waals surface area (Å²) >= 11 is 0. The number of nitrogens with two attached hydrogens (primary N) is 1. The molecule has 0 spiro atoms. The summed E-state index contributed by atoms with van der Waals surface area (Å²) in [5, 5.41) is 8.84. The fourth-order valence-corrected chi connectivity index (χ4v) is 2.88. The molecule has 0 fully saturated rings. The van der Waals surface area contributed by atoms with Gasteiger partial charge in [-0.1, -0.05) is 12.1 Å². The quantitative estimate of drug-likeness (QED) is 0.482. The molecule has 31 heavy (non-hydrogen) atoms. The number of rotatable bonds is 5. The van der Waals surface area contributed by atoms with Crippen LogP contribution in [-0.4, -0.2) is 16.3 Å². The van der Waals surface area contributed by atoms with Crippen LogP contribution in [0.2, 0.25) is 0 Å². The first-order chi connectivity index (χ1) is 14.8. The number of nitriles is 1. The van der Waals surface area contributed by atoms with Crippen LogP contribution in [0.1, 0.15) is 11.3 Å². The number of nitrogen functional groups attached to an aromatic ring is 1. The molecule has 2 aromatic heterocycles. The van der Waals surface area contributed by atoms with E-state index in [1.165, 1.54) is 30.5 Å². The van der Waals surface area contributed by atoms with E-state index in [1.54, 1.807) is 12.1 Å². The predicted molar refractivity (Wildman–Crippen MR) is 104 cm³/mol. The van der Waals surface area contributed by atoms with E-state index < -0.39 is 12.1 Å². The van der Waals surface area contributed by atoms with Crippen molar-refractivity contribution in [2.24, 2.45) is 0 Å². The highest BCUT2D eigenvalue weighted by molar-refractivity contribution is 5.76. The summed E-state index contributed by atoms with van der Waals surface area (Å²) < 4.78 is 48.9. The molecule has 5 N–H and O–H groups in total. The van der Waals surface area contributed by atoms with Crippen LogP contribution >= 0.6 is 0 Å². The molecule has 0 atom stereocenters. The average molecular weight is 429 g/mol. The number of fused-ring (bicyclic) bond motifs is 1. The van der Waals surface area contributed by atoms with E-state index in [0.29, 0.717) is 28.4 Å². The molecule has 0 bridgehead atoms. The second-order valence-electron chi connectivity index (χ2n) is 6.35. The molecule has 0 aliphatic carbocycles. The summed E-state index contributed by atoms with van der Waals surface area (Å²) in [5.41, 5.74) is 15.7. The van der Waals surface area contributed by atoms with Gasteiger partial charge in [-0.25, -0.2) is 9.97 Å². The van der Waals surface area contributed by atoms with Crippen LogP contribution in [0.5, 0.6) is 11.5 Å². The van der Waals surface area contributed by atoms with Crippen LogP contribution in [-0.2, 0) is 6.61 Å². The van der Waals surface area contributed by atoms with Crippen molar-refractivity contribution in [2.45, 2.75) is 13.0 Å². The van der Waals surface area contributed by atoms with E-state index >= 15 is 0 Å². The van der Waals surface area contributed by atoms with Gasteiger partial charge in [0.1, 0.15) is 35.6 Å². The third-order valence-corrected chi connectivity index (χ3v) is 4.26. The molecule has 3 aromatic rings. The molecule has 1 aliphatic heterocycles. The first-order valence-corrected chi connectivity index (χ1v) is 8.78. The number of hydrazine groups is 2. The van der Waals surface area contributed by atoms with Crippen LogP contribution in [0.25, 0.3) is 11.1 Å². The maximum Gasteiger partial charge on any atom is 0.573 e. The molecule has 0 saturated heterocycles. The molecular weight excluding hydrogens is 415 g/mol. The lowest BCUT2D eigenvalue weighted by molar-refractivity contribution is -0.275. The zero-order chi connectivity index (χ0) is 22.0. The number of pyridine rings is 2. The zero-order valence-electron chi connectivity index (χ0n) is 15.6. The number of aromatic nitrogens is 2. The highest BCUT2D eigenvalue weighted by Gasteiger charge is 2.32. The Morgan fingerprint density at radius 3 is 2.58 bits per heavy atom. The first-order valence-electron chi connectivity index (χ1n) is 8.78. The standard InChI is InChI=1S/C19H14F3N7O2/c20-19(21,22)31-14-5-10(11-3-4-13(7-23)25-8-11)1-2-12(14)9-30-15-6-16(24)26-18-17(15)27-29-28-18/h1-6,8,27,29H,9H2,(H3,24,26,28). The molecule has 3 heterocycles. The van der Waals surface area contributed by atoms with Gasteiger partial charge >= 0.3 is 6.36 Å². The van der Waals surface area contributed by atoms with Crippen molar-refractivity contribution in [1.82, 2.24) is 15.5 Å². The second kappa shape index (κ2) is 7.88. The highest BCUT2D eigenvalue weighted by Crippen LogP contribution is 2.37. The van der Waals surface area contributed by atoms with E-state index in [1.807, 2.05) is 6.07 Å². The molecule has 4 rings (SSSR count). The van der Waals surface area contributed by atoms with E-state index in [-0.39, 0.29) is 23.7 Å². The Kier molecular flexibility index (Phi) is 5.10. The van der Waals surface area contributed by atoms with Crippen LogP contribution in [0.15, 0.2) is 42.6 Å². The van der Waals surface area contributed by atoms with Gasteiger partial charge in [0, 0.05) is 23.4 Å². The van der Waals surface area contributed by atoms with E-state index in [2.05, 4.69) is 31.1 Å². The van der Waals surface area contributed by atoms with E-state index in [9.17, 15) is 13.2 Å². The van der Waals surface area contributed by atoms with Crippen molar-refractivity contribution in [3.8, 4) is 28.7 Å². The van der Waals surface area contributed by atoms with Gasteiger partial charge in [-0.15, -0.1) is 18.7 Å². The van der Waals surface area contributed by atoms with Gasteiger partial charge in [-0.05, 0) is 23.8 Å². The van der Waals surface area contributed by atoms with E-state index in [4.69, 9.17) is 15.7 Å². The Morgan fingerprint density at radius 2 is 1.87 bits per heavy atom. The summed E-state index contributed by atoms with van der Waals surface area (Å²) in [7, 11) is 0. The zero-order valence-corrected chi connectivity index (χ0v) is 15.6. The number of nitrogens with one attached hydrogen (secondary N) is 3. The fraction of sp³-hybridized carbons (Fsp3) is 0.105. The number of hydrogen-bond acceptors (Lipinski definition) is 9. The summed E-state index contributed by atoms with van der Waals surface area (Å²) in [4.78, 5) is 7.99. The smallest absolute Gasteiger partial charge is 0.486 e. The second-order valence-corrected chi connectivity index (χ2v) is 6.35. The third-order valence-electron chi connectivity index (χ3n) is 4.26. The van der Waals surface area contributed by atoms with Gasteiger partial charge in [0.05, 0.1) is 0 Å². The number of benzene rings is 1. The molecule has 1 aromatic carbocycles. The number of halogens is 3. The molecule has 0 amide bonds. The summed E-state index contributed by atoms with van der Waals surface area (Å²) in [5.74, 6) is 0.433. The van der Waals surface area contributed by atoms with Gasteiger partial charge in [0.15, 0.2) is 11.6 Å². The van der Waals surface area contributed by atoms with Crippen molar-refractivity contribution in [3.63, 3.8) is 0 Å². The third kappa shape index (κ3) is 4.51. The SMILES string of the molecule is N#Cc1ccc(-c2ccc(COc3cc(N)nc4c3NNN4)c(OC(F)(F)F)c2)cn1. The number of ether oxygens (including phenoxy) is 2. The first kappa shape index (κ1) is 20.0. The lowest BCUT2D eigenvalue weighted by atomic mass is 10.0. The van der Waals surface area contributed by atoms with Crippen molar-refractivity contribution in [1.29, 1.82) is 5.26 Å². The van der Waals surface area contributed by atoms with Gasteiger partial charge in [0.2, 0.25) is 0 Å². The molecule has 0 radical (unpaired) electrons. The van der Waals surface area contributed by atoms with Crippen LogP contribution < -0.4 is 31.6 Å². The van der Waals surface area contributed by atoms with Crippen LogP contribution in [0.3, 0.4) is 0 Å².